The maximum absolute atomic E-state index is 13.2. The SMILES string of the molecule is CCCc1nc2ccc(Br)cc2c(=O)n1N=Cc1cn(CC(C)(C)C)c2ccccc12. The van der Waals surface area contributed by atoms with Gasteiger partial charge in [-0.1, -0.05) is 61.8 Å². The fourth-order valence-electron chi connectivity index (χ4n) is 3.84. The van der Waals surface area contributed by atoms with Crippen LogP contribution in [0.1, 0.15) is 45.5 Å². The van der Waals surface area contributed by atoms with Gasteiger partial charge in [-0.25, -0.2) is 4.98 Å². The van der Waals surface area contributed by atoms with Crippen molar-refractivity contribution < 1.29 is 0 Å². The van der Waals surface area contributed by atoms with Crippen molar-refractivity contribution in [3.05, 3.63) is 74.9 Å². The lowest BCUT2D eigenvalue weighted by Crippen LogP contribution is -2.22. The van der Waals surface area contributed by atoms with E-state index in [1.165, 1.54) is 10.2 Å². The third kappa shape index (κ3) is 4.49. The van der Waals surface area contributed by atoms with Crippen LogP contribution in [0.25, 0.3) is 21.8 Å². The zero-order chi connectivity index (χ0) is 22.2. The molecule has 0 unspecified atom stereocenters. The predicted octanol–water partition coefficient (Wildman–Crippen LogP) is 5.99. The summed E-state index contributed by atoms with van der Waals surface area (Å²) in [5, 5.41) is 6.30. The monoisotopic (exact) mass is 478 g/mol. The summed E-state index contributed by atoms with van der Waals surface area (Å²) in [7, 11) is 0. The number of hydrogen-bond acceptors (Lipinski definition) is 3. The highest BCUT2D eigenvalue weighted by Crippen LogP contribution is 2.25. The summed E-state index contributed by atoms with van der Waals surface area (Å²) in [5.41, 5.74) is 2.86. The van der Waals surface area contributed by atoms with Crippen LogP contribution in [0.4, 0.5) is 0 Å². The lowest BCUT2D eigenvalue weighted by atomic mass is 9.97. The summed E-state index contributed by atoms with van der Waals surface area (Å²) in [6.45, 7) is 9.65. The van der Waals surface area contributed by atoms with Gasteiger partial charge in [-0.2, -0.15) is 9.78 Å². The van der Waals surface area contributed by atoms with Crippen molar-refractivity contribution in [1.29, 1.82) is 0 Å². The van der Waals surface area contributed by atoms with E-state index in [4.69, 9.17) is 4.98 Å². The molecule has 6 heteroatoms. The van der Waals surface area contributed by atoms with E-state index in [2.05, 4.69) is 77.7 Å². The van der Waals surface area contributed by atoms with E-state index >= 15 is 0 Å². The average molecular weight is 479 g/mol. The molecule has 0 aliphatic heterocycles. The van der Waals surface area contributed by atoms with Gasteiger partial charge in [0.2, 0.25) is 0 Å². The smallest absolute Gasteiger partial charge is 0.282 e. The molecule has 0 saturated heterocycles. The highest BCUT2D eigenvalue weighted by atomic mass is 79.9. The first-order chi connectivity index (χ1) is 14.8. The van der Waals surface area contributed by atoms with Crippen molar-refractivity contribution in [2.75, 3.05) is 0 Å². The van der Waals surface area contributed by atoms with E-state index in [1.54, 1.807) is 6.21 Å². The highest BCUT2D eigenvalue weighted by molar-refractivity contribution is 9.10. The molecule has 0 aliphatic rings. The zero-order valence-corrected chi connectivity index (χ0v) is 20.0. The average Bonchev–Trinajstić information content (AvgIpc) is 3.05. The van der Waals surface area contributed by atoms with Crippen LogP contribution >= 0.6 is 15.9 Å². The van der Waals surface area contributed by atoms with Gasteiger partial charge in [-0.15, -0.1) is 0 Å². The zero-order valence-electron chi connectivity index (χ0n) is 18.4. The Hall–Kier alpha value is -2.73. The minimum absolute atomic E-state index is 0.149. The molecule has 4 aromatic rings. The van der Waals surface area contributed by atoms with Gasteiger partial charge in [0.15, 0.2) is 0 Å². The Morgan fingerprint density at radius 2 is 1.90 bits per heavy atom. The summed E-state index contributed by atoms with van der Waals surface area (Å²) >= 11 is 3.45. The second-order valence-electron chi connectivity index (χ2n) is 9.09. The number of rotatable bonds is 5. The molecule has 0 fully saturated rings. The number of nitrogens with zero attached hydrogens (tertiary/aromatic N) is 4. The number of hydrogen-bond donors (Lipinski definition) is 0. The third-order valence-electron chi connectivity index (χ3n) is 5.13. The highest BCUT2D eigenvalue weighted by Gasteiger charge is 2.15. The molecule has 0 amide bonds. The Balaban J connectivity index is 1.85. The molecule has 0 N–H and O–H groups in total. The number of fused-ring (bicyclic) bond motifs is 2. The fraction of sp³-hybridized carbons (Fsp3) is 0.320. The topological polar surface area (TPSA) is 52.2 Å². The molecule has 0 aliphatic carbocycles. The van der Waals surface area contributed by atoms with Crippen molar-refractivity contribution in [3.8, 4) is 0 Å². The van der Waals surface area contributed by atoms with Gasteiger partial charge in [0.25, 0.3) is 5.56 Å². The summed E-state index contributed by atoms with van der Waals surface area (Å²) in [4.78, 5) is 18.0. The van der Waals surface area contributed by atoms with Crippen LogP contribution in [-0.2, 0) is 13.0 Å². The van der Waals surface area contributed by atoms with Crippen LogP contribution in [0.15, 0.2) is 63.0 Å². The van der Waals surface area contributed by atoms with Gasteiger partial charge in [0, 0.05) is 40.1 Å². The van der Waals surface area contributed by atoms with Crippen molar-refractivity contribution in [3.63, 3.8) is 0 Å². The molecule has 4 rings (SSSR count). The third-order valence-corrected chi connectivity index (χ3v) is 5.62. The second kappa shape index (κ2) is 8.42. The molecule has 0 bridgehead atoms. The molecule has 0 radical (unpaired) electrons. The first kappa shape index (κ1) is 21.5. The van der Waals surface area contributed by atoms with Crippen molar-refractivity contribution in [2.24, 2.45) is 10.5 Å². The number of aryl methyl sites for hydroxylation is 1. The first-order valence-corrected chi connectivity index (χ1v) is 11.4. The minimum atomic E-state index is -0.149. The quantitative estimate of drug-likeness (QED) is 0.330. The maximum Gasteiger partial charge on any atom is 0.282 e. The Morgan fingerprint density at radius 1 is 1.13 bits per heavy atom. The maximum atomic E-state index is 13.2. The van der Waals surface area contributed by atoms with E-state index in [0.717, 1.165) is 28.4 Å². The van der Waals surface area contributed by atoms with E-state index in [0.29, 0.717) is 23.1 Å². The van der Waals surface area contributed by atoms with Crippen LogP contribution in [0.5, 0.6) is 0 Å². The summed E-state index contributed by atoms with van der Waals surface area (Å²) in [5.74, 6) is 0.678. The molecule has 0 saturated carbocycles. The number of para-hydroxylation sites is 1. The Morgan fingerprint density at radius 3 is 2.65 bits per heavy atom. The number of halogens is 1. The van der Waals surface area contributed by atoms with Gasteiger partial charge >= 0.3 is 0 Å². The van der Waals surface area contributed by atoms with Crippen LogP contribution < -0.4 is 5.56 Å². The Kier molecular flexibility index (Phi) is 5.84. The number of aromatic nitrogens is 3. The molecule has 2 aromatic heterocycles. The molecular formula is C25H27BrN4O. The Bertz CT molecular complexity index is 1340. The van der Waals surface area contributed by atoms with E-state index in [-0.39, 0.29) is 11.0 Å². The lowest BCUT2D eigenvalue weighted by Gasteiger charge is -2.19. The van der Waals surface area contributed by atoms with E-state index in [1.807, 2.05) is 24.3 Å². The summed E-state index contributed by atoms with van der Waals surface area (Å²) in [6.07, 6.45) is 5.47. The summed E-state index contributed by atoms with van der Waals surface area (Å²) in [6, 6.07) is 13.9. The van der Waals surface area contributed by atoms with Crippen LogP contribution in [0.2, 0.25) is 0 Å². The largest absolute Gasteiger partial charge is 0.346 e. The molecule has 160 valence electrons. The fourth-order valence-corrected chi connectivity index (χ4v) is 4.20. The normalized spacial score (nSPS) is 12.4. The summed E-state index contributed by atoms with van der Waals surface area (Å²) < 4.78 is 4.57. The van der Waals surface area contributed by atoms with Crippen LogP contribution in [0, 0.1) is 5.41 Å². The van der Waals surface area contributed by atoms with Gasteiger partial charge in [0.05, 0.1) is 17.1 Å². The van der Waals surface area contributed by atoms with Crippen molar-refractivity contribution in [1.82, 2.24) is 14.2 Å². The lowest BCUT2D eigenvalue weighted by molar-refractivity contribution is 0.349. The van der Waals surface area contributed by atoms with Crippen LogP contribution in [-0.4, -0.2) is 20.4 Å². The van der Waals surface area contributed by atoms with Gasteiger partial charge in [0.1, 0.15) is 5.82 Å². The van der Waals surface area contributed by atoms with E-state index in [9.17, 15) is 4.79 Å². The standard InChI is InChI=1S/C25H27BrN4O/c1-5-8-23-28-21-12-11-18(26)13-20(21)24(31)30(23)27-14-17-15-29(16-25(2,3)4)22-10-7-6-9-19(17)22/h6-7,9-15H,5,8,16H2,1-4H3. The number of benzene rings is 2. The molecule has 2 heterocycles. The second-order valence-corrected chi connectivity index (χ2v) is 10.0. The molecule has 31 heavy (non-hydrogen) atoms. The van der Waals surface area contributed by atoms with Gasteiger partial charge < -0.3 is 4.57 Å². The van der Waals surface area contributed by atoms with Gasteiger partial charge in [-0.05, 0) is 36.1 Å². The molecule has 2 aromatic carbocycles. The molecule has 0 spiro atoms. The minimum Gasteiger partial charge on any atom is -0.346 e. The molecular weight excluding hydrogens is 452 g/mol. The van der Waals surface area contributed by atoms with E-state index < -0.39 is 0 Å². The molecule has 0 atom stereocenters. The van der Waals surface area contributed by atoms with Crippen molar-refractivity contribution >= 4 is 44.0 Å². The van der Waals surface area contributed by atoms with Gasteiger partial charge in [-0.3, -0.25) is 4.79 Å². The van der Waals surface area contributed by atoms with Crippen LogP contribution in [0.3, 0.4) is 0 Å². The Labute approximate surface area is 190 Å². The van der Waals surface area contributed by atoms with Crippen molar-refractivity contribution in [2.45, 2.75) is 47.1 Å². The predicted molar refractivity (Wildman–Crippen MR) is 132 cm³/mol. The molecule has 5 nitrogen and oxygen atoms in total. The first-order valence-electron chi connectivity index (χ1n) is 10.6.